The second kappa shape index (κ2) is 4.18. The van der Waals surface area contributed by atoms with E-state index in [2.05, 4.69) is 33.8 Å². The lowest BCUT2D eigenvalue weighted by Gasteiger charge is -2.33. The minimum absolute atomic E-state index is 0.188. The topological polar surface area (TPSA) is 47.3 Å². The van der Waals surface area contributed by atoms with Crippen LogP contribution in [-0.2, 0) is 4.74 Å². The van der Waals surface area contributed by atoms with Gasteiger partial charge in [-0.05, 0) is 12.0 Å². The summed E-state index contributed by atoms with van der Waals surface area (Å²) in [5.41, 5.74) is 3.69. The Labute approximate surface area is 111 Å². The second-order valence-corrected chi connectivity index (χ2v) is 5.31. The summed E-state index contributed by atoms with van der Waals surface area (Å²) in [6.07, 6.45) is 4.27. The summed E-state index contributed by atoms with van der Waals surface area (Å²) < 4.78 is 7.55. The van der Waals surface area contributed by atoms with Crippen LogP contribution >= 0.6 is 0 Å². The maximum atomic E-state index is 10.3. The molecule has 1 N–H and O–H groups in total. The van der Waals surface area contributed by atoms with Gasteiger partial charge in [0.15, 0.2) is 0 Å². The molecule has 4 heteroatoms. The Bertz CT molecular complexity index is 608. The highest BCUT2D eigenvalue weighted by Crippen LogP contribution is 2.45. The fourth-order valence-corrected chi connectivity index (χ4v) is 3.42. The van der Waals surface area contributed by atoms with Gasteiger partial charge in [-0.1, -0.05) is 24.3 Å². The molecule has 1 aromatic heterocycles. The first kappa shape index (κ1) is 11.2. The molecule has 0 radical (unpaired) electrons. The van der Waals surface area contributed by atoms with E-state index in [1.807, 2.05) is 12.5 Å². The van der Waals surface area contributed by atoms with Gasteiger partial charge in [0.2, 0.25) is 0 Å². The molecule has 0 amide bonds. The number of rotatable bonds is 1. The van der Waals surface area contributed by atoms with Gasteiger partial charge in [0.05, 0.1) is 37.0 Å². The van der Waals surface area contributed by atoms with Crippen LogP contribution in [0.3, 0.4) is 0 Å². The Kier molecular flexibility index (Phi) is 2.47. The third-order valence-corrected chi connectivity index (χ3v) is 4.31. The van der Waals surface area contributed by atoms with Gasteiger partial charge in [-0.25, -0.2) is 4.98 Å². The Morgan fingerprint density at radius 2 is 2.21 bits per heavy atom. The summed E-state index contributed by atoms with van der Waals surface area (Å²) in [6.45, 7) is 1.16. The van der Waals surface area contributed by atoms with Crippen molar-refractivity contribution in [3.05, 3.63) is 42.4 Å². The highest BCUT2D eigenvalue weighted by atomic mass is 16.5. The lowest BCUT2D eigenvalue weighted by Crippen LogP contribution is -2.37. The van der Waals surface area contributed by atoms with Crippen molar-refractivity contribution in [1.29, 1.82) is 0 Å². The van der Waals surface area contributed by atoms with Gasteiger partial charge in [0.25, 0.3) is 0 Å². The molecule has 4 rings (SSSR count). The molecule has 2 aromatic rings. The predicted molar refractivity (Wildman–Crippen MR) is 70.7 cm³/mol. The molecule has 19 heavy (non-hydrogen) atoms. The minimum atomic E-state index is -0.403. The molecular formula is C15H16N2O2. The van der Waals surface area contributed by atoms with Crippen LogP contribution < -0.4 is 0 Å². The Balaban J connectivity index is 1.84. The lowest BCUT2D eigenvalue weighted by molar-refractivity contribution is -0.0540. The second-order valence-electron chi connectivity index (χ2n) is 5.31. The van der Waals surface area contributed by atoms with E-state index in [0.29, 0.717) is 6.61 Å². The molecule has 2 aliphatic rings. The number of hydrogen-bond acceptors (Lipinski definition) is 3. The van der Waals surface area contributed by atoms with E-state index < -0.39 is 6.10 Å². The zero-order valence-corrected chi connectivity index (χ0v) is 10.6. The summed E-state index contributed by atoms with van der Waals surface area (Å²) in [6, 6.07) is 8.60. The van der Waals surface area contributed by atoms with Crippen LogP contribution in [0.15, 0.2) is 36.8 Å². The van der Waals surface area contributed by atoms with Crippen molar-refractivity contribution < 1.29 is 9.84 Å². The molecule has 3 atom stereocenters. The third kappa shape index (κ3) is 1.57. The zero-order chi connectivity index (χ0) is 12.8. The summed E-state index contributed by atoms with van der Waals surface area (Å²) >= 11 is 0. The van der Waals surface area contributed by atoms with E-state index in [0.717, 1.165) is 18.7 Å². The minimum Gasteiger partial charge on any atom is -0.390 e. The molecule has 2 aliphatic heterocycles. The molecule has 1 fully saturated rings. The largest absolute Gasteiger partial charge is 0.390 e. The molecule has 0 unspecified atom stereocenters. The number of benzene rings is 1. The fraction of sp³-hybridized carbons (Fsp3) is 0.400. The van der Waals surface area contributed by atoms with E-state index in [1.165, 1.54) is 11.1 Å². The molecule has 98 valence electrons. The SMILES string of the molecule is O[C@H]1COCC[C@@H]1[C@H]1c2ccccc2-c2cncn21. The first-order chi connectivity index (χ1) is 9.36. The molecule has 1 aromatic carbocycles. The number of aliphatic hydroxyl groups is 1. The van der Waals surface area contributed by atoms with Crippen LogP contribution in [0.25, 0.3) is 11.3 Å². The van der Waals surface area contributed by atoms with Crippen LogP contribution in [0.5, 0.6) is 0 Å². The monoisotopic (exact) mass is 256 g/mol. The van der Waals surface area contributed by atoms with Gasteiger partial charge in [-0.15, -0.1) is 0 Å². The molecule has 4 nitrogen and oxygen atoms in total. The van der Waals surface area contributed by atoms with Crippen molar-refractivity contribution >= 4 is 0 Å². The summed E-state index contributed by atoms with van der Waals surface area (Å²) in [5, 5.41) is 10.3. The number of nitrogens with zero attached hydrogens (tertiary/aromatic N) is 2. The van der Waals surface area contributed by atoms with Gasteiger partial charge >= 0.3 is 0 Å². The molecule has 0 spiro atoms. The molecular weight excluding hydrogens is 240 g/mol. The average molecular weight is 256 g/mol. The van der Waals surface area contributed by atoms with Crippen molar-refractivity contribution in [2.75, 3.05) is 13.2 Å². The van der Waals surface area contributed by atoms with Crippen molar-refractivity contribution in [3.63, 3.8) is 0 Å². The molecule has 0 saturated carbocycles. The molecule has 3 heterocycles. The number of hydrogen-bond donors (Lipinski definition) is 1. The van der Waals surface area contributed by atoms with E-state index in [-0.39, 0.29) is 12.0 Å². The number of aromatic nitrogens is 2. The van der Waals surface area contributed by atoms with E-state index >= 15 is 0 Å². The van der Waals surface area contributed by atoms with E-state index in [4.69, 9.17) is 4.74 Å². The van der Waals surface area contributed by atoms with Crippen LogP contribution in [0.2, 0.25) is 0 Å². The molecule has 0 bridgehead atoms. The normalized spacial score (nSPS) is 29.0. The van der Waals surface area contributed by atoms with Gasteiger partial charge in [-0.2, -0.15) is 0 Å². The van der Waals surface area contributed by atoms with Crippen LogP contribution in [0.1, 0.15) is 18.0 Å². The summed E-state index contributed by atoms with van der Waals surface area (Å²) in [7, 11) is 0. The highest BCUT2D eigenvalue weighted by molar-refractivity contribution is 5.69. The predicted octanol–water partition coefficient (Wildman–Crippen LogP) is 1.85. The van der Waals surface area contributed by atoms with Gasteiger partial charge in [-0.3, -0.25) is 0 Å². The smallest absolute Gasteiger partial charge is 0.0956 e. The Morgan fingerprint density at radius 1 is 1.32 bits per heavy atom. The highest BCUT2D eigenvalue weighted by Gasteiger charge is 2.38. The maximum absolute atomic E-state index is 10.3. The van der Waals surface area contributed by atoms with Crippen molar-refractivity contribution in [1.82, 2.24) is 9.55 Å². The Hall–Kier alpha value is -1.65. The number of aliphatic hydroxyl groups excluding tert-OH is 1. The number of imidazole rings is 1. The average Bonchev–Trinajstić information content (AvgIpc) is 3.00. The number of fused-ring (bicyclic) bond motifs is 3. The fourth-order valence-electron chi connectivity index (χ4n) is 3.42. The zero-order valence-electron chi connectivity index (χ0n) is 10.6. The lowest BCUT2D eigenvalue weighted by atomic mass is 9.85. The standard InChI is InChI=1S/C15H16N2O2/c18-14-8-19-6-5-12(14)15-11-4-2-1-3-10(11)13-7-16-9-17(13)15/h1-4,7,9,12,14-15,18H,5-6,8H2/t12-,14-,15+/m0/s1. The van der Waals surface area contributed by atoms with Crippen molar-refractivity contribution in [2.45, 2.75) is 18.6 Å². The third-order valence-electron chi connectivity index (χ3n) is 4.31. The summed E-state index contributed by atoms with van der Waals surface area (Å²) in [4.78, 5) is 4.26. The maximum Gasteiger partial charge on any atom is 0.0956 e. The molecule has 0 aliphatic carbocycles. The van der Waals surface area contributed by atoms with Crippen LogP contribution in [0, 0.1) is 5.92 Å². The van der Waals surface area contributed by atoms with Crippen molar-refractivity contribution in [2.24, 2.45) is 5.92 Å². The quantitative estimate of drug-likeness (QED) is 0.847. The van der Waals surface area contributed by atoms with Gasteiger partial charge < -0.3 is 14.4 Å². The molecule has 1 saturated heterocycles. The summed E-state index contributed by atoms with van der Waals surface area (Å²) in [5.74, 6) is 0.199. The van der Waals surface area contributed by atoms with Gasteiger partial charge in [0.1, 0.15) is 0 Å². The van der Waals surface area contributed by atoms with Crippen LogP contribution in [-0.4, -0.2) is 34.0 Å². The first-order valence-electron chi connectivity index (χ1n) is 6.73. The van der Waals surface area contributed by atoms with E-state index in [1.54, 1.807) is 0 Å². The number of ether oxygens (including phenoxy) is 1. The van der Waals surface area contributed by atoms with E-state index in [9.17, 15) is 5.11 Å². The first-order valence-corrected chi connectivity index (χ1v) is 6.73. The van der Waals surface area contributed by atoms with Gasteiger partial charge in [0, 0.05) is 18.1 Å². The van der Waals surface area contributed by atoms with Crippen LogP contribution in [0.4, 0.5) is 0 Å². The van der Waals surface area contributed by atoms with Crippen molar-refractivity contribution in [3.8, 4) is 11.3 Å². The Morgan fingerprint density at radius 3 is 3.11 bits per heavy atom.